The van der Waals surface area contributed by atoms with Crippen molar-refractivity contribution in [3.63, 3.8) is 0 Å². The molecule has 2 aromatic carbocycles. The summed E-state index contributed by atoms with van der Waals surface area (Å²) in [5, 5.41) is 9.86. The maximum absolute atomic E-state index is 12.4. The number of nitrogens with one attached hydrogen (secondary N) is 1. The Morgan fingerprint density at radius 3 is 2.26 bits per heavy atom. The van der Waals surface area contributed by atoms with Gasteiger partial charge in [0.25, 0.3) is 0 Å². The van der Waals surface area contributed by atoms with Crippen molar-refractivity contribution >= 4 is 27.5 Å². The van der Waals surface area contributed by atoms with Gasteiger partial charge in [0, 0.05) is 17.3 Å². The lowest BCUT2D eigenvalue weighted by atomic mass is 10.1. The quantitative estimate of drug-likeness (QED) is 0.547. The normalized spacial score (nSPS) is 12.1. The largest absolute Gasteiger partial charge is 0.507 e. The number of esters is 1. The minimum Gasteiger partial charge on any atom is -0.507 e. The average Bonchev–Trinajstić information content (AvgIpc) is 2.60. The number of anilines is 1. The zero-order valence-electron chi connectivity index (χ0n) is 14.9. The van der Waals surface area contributed by atoms with E-state index in [1.165, 1.54) is 56.5 Å². The van der Waals surface area contributed by atoms with Crippen LogP contribution in [0.3, 0.4) is 0 Å². The molecule has 0 aliphatic heterocycles. The van der Waals surface area contributed by atoms with Crippen LogP contribution in [0.25, 0.3) is 0 Å². The van der Waals surface area contributed by atoms with Crippen LogP contribution in [0.2, 0.25) is 0 Å². The van der Waals surface area contributed by atoms with Crippen LogP contribution in [-0.4, -0.2) is 44.7 Å². The van der Waals surface area contributed by atoms with E-state index < -0.39 is 27.9 Å². The van der Waals surface area contributed by atoms with E-state index in [1.54, 1.807) is 0 Å². The first-order valence-electron chi connectivity index (χ1n) is 7.81. The highest BCUT2D eigenvalue weighted by atomic mass is 32.2. The van der Waals surface area contributed by atoms with Gasteiger partial charge in [-0.25, -0.2) is 13.2 Å². The van der Waals surface area contributed by atoms with Crippen LogP contribution in [0.5, 0.6) is 11.5 Å². The van der Waals surface area contributed by atoms with Gasteiger partial charge in [-0.05, 0) is 43.3 Å². The van der Waals surface area contributed by atoms with Crippen molar-refractivity contribution in [3.8, 4) is 11.5 Å². The predicted molar refractivity (Wildman–Crippen MR) is 98.8 cm³/mol. The highest BCUT2D eigenvalue weighted by Gasteiger charge is 2.22. The Bertz CT molecular complexity index is 952. The molecule has 144 valence electrons. The summed E-state index contributed by atoms with van der Waals surface area (Å²) in [5.74, 6) is -1.28. The summed E-state index contributed by atoms with van der Waals surface area (Å²) < 4.78 is 34.7. The zero-order valence-corrected chi connectivity index (χ0v) is 15.7. The third-order valence-corrected chi connectivity index (χ3v) is 4.16. The number of rotatable bonds is 7. The summed E-state index contributed by atoms with van der Waals surface area (Å²) in [4.78, 5) is 24.6. The van der Waals surface area contributed by atoms with E-state index in [-0.39, 0.29) is 16.9 Å². The maximum Gasteiger partial charge on any atom is 0.342 e. The topological polar surface area (TPSA) is 119 Å². The number of hydrogen-bond acceptors (Lipinski definition) is 7. The third-order valence-electron chi connectivity index (χ3n) is 3.55. The Hall–Kier alpha value is -3.07. The van der Waals surface area contributed by atoms with Crippen molar-refractivity contribution in [3.05, 3.63) is 53.6 Å². The number of ether oxygens (including phenoxy) is 2. The first-order valence-corrected chi connectivity index (χ1v) is 9.70. The molecule has 0 radical (unpaired) electrons. The number of methoxy groups -OCH3 is 1. The number of phenolic OH excluding ortho intramolecular Hbond substituents is 1. The number of sulfonamides is 1. The Balaban J connectivity index is 2.07. The lowest BCUT2D eigenvalue weighted by molar-refractivity contribution is 0.0316. The van der Waals surface area contributed by atoms with Crippen molar-refractivity contribution < 1.29 is 32.6 Å². The molecule has 0 bridgehead atoms. The number of ketones is 1. The van der Waals surface area contributed by atoms with Crippen LogP contribution in [-0.2, 0) is 14.8 Å². The van der Waals surface area contributed by atoms with Gasteiger partial charge in [0.1, 0.15) is 17.1 Å². The molecule has 0 heterocycles. The lowest BCUT2D eigenvalue weighted by Crippen LogP contribution is -2.24. The van der Waals surface area contributed by atoms with E-state index in [0.29, 0.717) is 11.4 Å². The molecule has 1 atom stereocenters. The summed E-state index contributed by atoms with van der Waals surface area (Å²) in [5.41, 5.74) is 0.457. The molecule has 0 fully saturated rings. The van der Waals surface area contributed by atoms with Gasteiger partial charge in [0.2, 0.25) is 15.8 Å². The van der Waals surface area contributed by atoms with Gasteiger partial charge in [-0.2, -0.15) is 0 Å². The van der Waals surface area contributed by atoms with Gasteiger partial charge in [0.15, 0.2) is 6.10 Å². The smallest absolute Gasteiger partial charge is 0.342 e. The number of carbonyl (C=O) groups is 2. The molecule has 0 aliphatic rings. The van der Waals surface area contributed by atoms with Crippen LogP contribution >= 0.6 is 0 Å². The third kappa shape index (κ3) is 5.45. The van der Waals surface area contributed by atoms with Gasteiger partial charge in [-0.15, -0.1) is 0 Å². The zero-order chi connectivity index (χ0) is 20.2. The standard InChI is InChI=1S/C18H19NO7S/c1-11(26-18(22)15-9-8-14(25-2)10-16(15)20)17(21)12-4-6-13(7-5-12)19-27(3,23)24/h4-11,19-20H,1-3H3. The Morgan fingerprint density at radius 1 is 1.11 bits per heavy atom. The molecule has 2 aromatic rings. The second kappa shape index (κ2) is 8.09. The Kier molecular flexibility index (Phi) is 6.06. The average molecular weight is 393 g/mol. The molecule has 2 N–H and O–H groups in total. The second-order valence-corrected chi connectivity index (χ2v) is 7.49. The Labute approximate surface area is 156 Å². The van der Waals surface area contributed by atoms with Crippen molar-refractivity contribution in [1.82, 2.24) is 0 Å². The fourth-order valence-corrected chi connectivity index (χ4v) is 2.80. The van der Waals surface area contributed by atoms with Crippen LogP contribution in [0.4, 0.5) is 5.69 Å². The van der Waals surface area contributed by atoms with Gasteiger partial charge >= 0.3 is 5.97 Å². The summed E-state index contributed by atoms with van der Waals surface area (Å²) in [6, 6.07) is 9.78. The fraction of sp³-hybridized carbons (Fsp3) is 0.222. The van der Waals surface area contributed by atoms with Crippen molar-refractivity contribution in [1.29, 1.82) is 0 Å². The van der Waals surface area contributed by atoms with Crippen LogP contribution < -0.4 is 9.46 Å². The molecule has 1 unspecified atom stereocenters. The molecular weight excluding hydrogens is 374 g/mol. The molecule has 0 aromatic heterocycles. The first-order chi connectivity index (χ1) is 12.6. The number of carbonyl (C=O) groups excluding carboxylic acids is 2. The summed E-state index contributed by atoms with van der Waals surface area (Å²) >= 11 is 0. The van der Waals surface area contributed by atoms with Crippen molar-refractivity contribution in [2.45, 2.75) is 13.0 Å². The van der Waals surface area contributed by atoms with E-state index in [2.05, 4.69) is 4.72 Å². The summed E-state index contributed by atoms with van der Waals surface area (Å²) in [6.45, 7) is 1.41. The molecule has 8 nitrogen and oxygen atoms in total. The predicted octanol–water partition coefficient (Wildman–Crippen LogP) is 2.20. The van der Waals surface area contributed by atoms with E-state index >= 15 is 0 Å². The fourth-order valence-electron chi connectivity index (χ4n) is 2.24. The van der Waals surface area contributed by atoms with Crippen LogP contribution in [0, 0.1) is 0 Å². The number of Topliss-reactive ketones (excluding diaryl/α,β-unsaturated/α-hetero) is 1. The van der Waals surface area contributed by atoms with Gasteiger partial charge in [-0.1, -0.05) is 0 Å². The summed E-state index contributed by atoms with van der Waals surface area (Å²) in [6.07, 6.45) is -0.0879. The molecule has 9 heteroatoms. The number of hydrogen-bond donors (Lipinski definition) is 2. The van der Waals surface area contributed by atoms with Crippen LogP contribution in [0.15, 0.2) is 42.5 Å². The van der Waals surface area contributed by atoms with Crippen molar-refractivity contribution in [2.75, 3.05) is 18.1 Å². The minimum atomic E-state index is -3.42. The van der Waals surface area contributed by atoms with Gasteiger partial charge in [0.05, 0.1) is 13.4 Å². The minimum absolute atomic E-state index is 0.0943. The van der Waals surface area contributed by atoms with E-state index in [9.17, 15) is 23.1 Å². The molecule has 27 heavy (non-hydrogen) atoms. The van der Waals surface area contributed by atoms with Gasteiger partial charge < -0.3 is 14.6 Å². The maximum atomic E-state index is 12.4. The van der Waals surface area contributed by atoms with Crippen LogP contribution in [0.1, 0.15) is 27.6 Å². The molecule has 0 saturated heterocycles. The first kappa shape index (κ1) is 20.2. The molecular formula is C18H19NO7S. The summed E-state index contributed by atoms with van der Waals surface area (Å²) in [7, 11) is -2.00. The molecule has 0 saturated carbocycles. The SMILES string of the molecule is COc1ccc(C(=O)OC(C)C(=O)c2ccc(NS(C)(=O)=O)cc2)c(O)c1. The van der Waals surface area contributed by atoms with Crippen molar-refractivity contribution in [2.24, 2.45) is 0 Å². The number of aromatic hydroxyl groups is 1. The lowest BCUT2D eigenvalue weighted by Gasteiger charge is -2.14. The molecule has 0 amide bonds. The number of benzene rings is 2. The highest BCUT2D eigenvalue weighted by molar-refractivity contribution is 7.92. The van der Waals surface area contributed by atoms with E-state index in [4.69, 9.17) is 9.47 Å². The van der Waals surface area contributed by atoms with Gasteiger partial charge in [-0.3, -0.25) is 9.52 Å². The molecule has 2 rings (SSSR count). The molecule has 0 aliphatic carbocycles. The Morgan fingerprint density at radius 2 is 1.74 bits per heavy atom. The molecule has 0 spiro atoms. The highest BCUT2D eigenvalue weighted by Crippen LogP contribution is 2.24. The number of phenols is 1. The van der Waals surface area contributed by atoms with E-state index in [1.807, 2.05) is 0 Å². The monoisotopic (exact) mass is 393 g/mol. The second-order valence-electron chi connectivity index (χ2n) is 5.75. The van der Waals surface area contributed by atoms with E-state index in [0.717, 1.165) is 6.26 Å².